The predicted molar refractivity (Wildman–Crippen MR) is 69.9 cm³/mol. The molecule has 0 spiro atoms. The molecule has 1 N–H and O–H groups in total. The van der Waals surface area contributed by atoms with E-state index in [9.17, 15) is 17.6 Å². The van der Waals surface area contributed by atoms with Gasteiger partial charge in [-0.3, -0.25) is 0 Å². The fourth-order valence-corrected chi connectivity index (χ4v) is 1.85. The van der Waals surface area contributed by atoms with E-state index in [1.54, 1.807) is 12.1 Å². The Morgan fingerprint density at radius 3 is 2.48 bits per heavy atom. The van der Waals surface area contributed by atoms with Gasteiger partial charge in [-0.1, -0.05) is 12.1 Å². The standard InChI is InChI=1S/C15H10F4N2/c16-12-3-1-2-11(6-12)9-21-14-5-4-10(8-20)7-13(14)15(17,18)19/h1-7,21H,9H2. The van der Waals surface area contributed by atoms with E-state index in [2.05, 4.69) is 5.32 Å². The van der Waals surface area contributed by atoms with E-state index in [1.807, 2.05) is 0 Å². The molecule has 0 heterocycles. The smallest absolute Gasteiger partial charge is 0.380 e. The van der Waals surface area contributed by atoms with Gasteiger partial charge in [0, 0.05) is 12.2 Å². The van der Waals surface area contributed by atoms with Crippen molar-refractivity contribution in [2.45, 2.75) is 12.7 Å². The van der Waals surface area contributed by atoms with E-state index in [0.29, 0.717) is 5.56 Å². The highest BCUT2D eigenvalue weighted by atomic mass is 19.4. The summed E-state index contributed by atoms with van der Waals surface area (Å²) >= 11 is 0. The second kappa shape index (κ2) is 5.83. The molecule has 0 fully saturated rings. The lowest BCUT2D eigenvalue weighted by molar-refractivity contribution is -0.137. The first kappa shape index (κ1) is 14.9. The summed E-state index contributed by atoms with van der Waals surface area (Å²) in [6, 6.07) is 10.5. The minimum atomic E-state index is -4.57. The predicted octanol–water partition coefficient (Wildman–Crippen LogP) is 4.33. The van der Waals surface area contributed by atoms with Crippen molar-refractivity contribution in [3.05, 3.63) is 65.0 Å². The molecule has 0 amide bonds. The van der Waals surface area contributed by atoms with E-state index >= 15 is 0 Å². The Balaban J connectivity index is 2.26. The highest BCUT2D eigenvalue weighted by Crippen LogP contribution is 2.35. The van der Waals surface area contributed by atoms with Crippen molar-refractivity contribution in [1.82, 2.24) is 0 Å². The van der Waals surface area contributed by atoms with Gasteiger partial charge in [-0.05, 0) is 35.9 Å². The van der Waals surface area contributed by atoms with Crippen LogP contribution in [0.1, 0.15) is 16.7 Å². The Bertz CT molecular complexity index is 687. The van der Waals surface area contributed by atoms with Gasteiger partial charge in [-0.15, -0.1) is 0 Å². The highest BCUT2D eigenvalue weighted by Gasteiger charge is 2.33. The molecular weight excluding hydrogens is 284 g/mol. The molecule has 0 unspecified atom stereocenters. The molecule has 21 heavy (non-hydrogen) atoms. The lowest BCUT2D eigenvalue weighted by Crippen LogP contribution is -2.11. The number of nitrogens with zero attached hydrogens (tertiary/aromatic N) is 1. The third kappa shape index (κ3) is 3.72. The molecule has 0 saturated heterocycles. The first-order valence-corrected chi connectivity index (χ1v) is 6.00. The zero-order valence-corrected chi connectivity index (χ0v) is 10.7. The number of nitrogens with one attached hydrogen (secondary N) is 1. The Morgan fingerprint density at radius 2 is 1.86 bits per heavy atom. The summed E-state index contributed by atoms with van der Waals surface area (Å²) in [5, 5.41) is 11.3. The van der Waals surface area contributed by atoms with E-state index in [1.165, 1.54) is 30.3 Å². The van der Waals surface area contributed by atoms with E-state index in [4.69, 9.17) is 5.26 Å². The van der Waals surface area contributed by atoms with Gasteiger partial charge < -0.3 is 5.32 Å². The number of rotatable bonds is 3. The summed E-state index contributed by atoms with van der Waals surface area (Å²) in [5.41, 5.74) is -0.616. The number of halogens is 4. The number of alkyl halides is 3. The van der Waals surface area contributed by atoms with Gasteiger partial charge in [-0.25, -0.2) is 4.39 Å². The fourth-order valence-electron chi connectivity index (χ4n) is 1.85. The van der Waals surface area contributed by atoms with Crippen LogP contribution < -0.4 is 5.32 Å². The van der Waals surface area contributed by atoms with E-state index in [0.717, 1.165) is 6.07 Å². The van der Waals surface area contributed by atoms with Crippen LogP contribution in [0.5, 0.6) is 0 Å². The SMILES string of the molecule is N#Cc1ccc(NCc2cccc(F)c2)c(C(F)(F)F)c1. The maximum atomic E-state index is 13.0. The number of benzene rings is 2. The number of nitriles is 1. The molecule has 0 aromatic heterocycles. The molecule has 0 saturated carbocycles. The molecule has 0 radical (unpaired) electrons. The van der Waals surface area contributed by atoms with Crippen LogP contribution in [0.3, 0.4) is 0 Å². The Hall–Kier alpha value is -2.55. The van der Waals surface area contributed by atoms with E-state index in [-0.39, 0.29) is 17.8 Å². The van der Waals surface area contributed by atoms with E-state index < -0.39 is 17.6 Å². The van der Waals surface area contributed by atoms with Gasteiger partial charge in [0.05, 0.1) is 17.2 Å². The molecule has 108 valence electrons. The summed E-state index contributed by atoms with van der Waals surface area (Å²) in [6.45, 7) is 0.0484. The monoisotopic (exact) mass is 294 g/mol. The minimum Gasteiger partial charge on any atom is -0.380 e. The van der Waals surface area contributed by atoms with Crippen LogP contribution in [0, 0.1) is 17.1 Å². The normalized spacial score (nSPS) is 11.0. The molecule has 2 nitrogen and oxygen atoms in total. The Labute approximate surface area is 118 Å². The van der Waals surface area contributed by atoms with Crippen LogP contribution in [0.2, 0.25) is 0 Å². The summed E-state index contributed by atoms with van der Waals surface area (Å²) in [5.74, 6) is -0.454. The molecule has 6 heteroatoms. The Morgan fingerprint density at radius 1 is 1.10 bits per heavy atom. The Kier molecular flexibility index (Phi) is 4.13. The average Bonchev–Trinajstić information content (AvgIpc) is 2.44. The van der Waals surface area contributed by atoms with Crippen LogP contribution in [0.4, 0.5) is 23.2 Å². The first-order valence-electron chi connectivity index (χ1n) is 6.00. The molecule has 0 aliphatic heterocycles. The second-order valence-electron chi connectivity index (χ2n) is 4.35. The molecule has 2 rings (SSSR count). The third-order valence-electron chi connectivity index (χ3n) is 2.83. The lowest BCUT2D eigenvalue weighted by Gasteiger charge is -2.15. The topological polar surface area (TPSA) is 35.8 Å². The van der Waals surface area contributed by atoms with Gasteiger partial charge in [0.1, 0.15) is 5.82 Å². The van der Waals surface area contributed by atoms with Gasteiger partial charge in [-0.2, -0.15) is 18.4 Å². The largest absolute Gasteiger partial charge is 0.418 e. The maximum absolute atomic E-state index is 13.0. The molecule has 2 aromatic carbocycles. The van der Waals surface area contributed by atoms with Crippen molar-refractivity contribution in [1.29, 1.82) is 5.26 Å². The van der Waals surface area contributed by atoms with Gasteiger partial charge in [0.2, 0.25) is 0 Å². The van der Waals surface area contributed by atoms with Crippen LogP contribution in [0.25, 0.3) is 0 Å². The maximum Gasteiger partial charge on any atom is 0.418 e. The van der Waals surface area contributed by atoms with Crippen LogP contribution in [-0.2, 0) is 12.7 Å². The summed E-state index contributed by atoms with van der Waals surface area (Å²) in [7, 11) is 0. The molecule has 0 bridgehead atoms. The number of hydrogen-bond acceptors (Lipinski definition) is 2. The average molecular weight is 294 g/mol. The second-order valence-corrected chi connectivity index (χ2v) is 4.35. The number of anilines is 1. The van der Waals surface area contributed by atoms with Crippen LogP contribution in [-0.4, -0.2) is 0 Å². The minimum absolute atomic E-state index is 0.0484. The van der Waals surface area contributed by atoms with Gasteiger partial charge in [0.25, 0.3) is 0 Å². The van der Waals surface area contributed by atoms with Crippen molar-refractivity contribution >= 4 is 5.69 Å². The van der Waals surface area contributed by atoms with Crippen LogP contribution in [0.15, 0.2) is 42.5 Å². The highest BCUT2D eigenvalue weighted by molar-refractivity contribution is 5.56. The van der Waals surface area contributed by atoms with Crippen molar-refractivity contribution < 1.29 is 17.6 Å². The summed E-state index contributed by atoms with van der Waals surface area (Å²) in [6.07, 6.45) is -4.57. The third-order valence-corrected chi connectivity index (χ3v) is 2.83. The zero-order valence-electron chi connectivity index (χ0n) is 10.7. The van der Waals surface area contributed by atoms with Crippen molar-refractivity contribution in [3.63, 3.8) is 0 Å². The van der Waals surface area contributed by atoms with Crippen molar-refractivity contribution in [3.8, 4) is 6.07 Å². The van der Waals surface area contributed by atoms with Crippen molar-refractivity contribution in [2.75, 3.05) is 5.32 Å². The first-order chi connectivity index (χ1) is 9.90. The molecule has 0 atom stereocenters. The lowest BCUT2D eigenvalue weighted by atomic mass is 10.1. The molecular formula is C15H10F4N2. The van der Waals surface area contributed by atoms with Gasteiger partial charge in [0.15, 0.2) is 0 Å². The zero-order chi connectivity index (χ0) is 15.5. The fraction of sp³-hybridized carbons (Fsp3) is 0.133. The molecule has 0 aliphatic carbocycles. The summed E-state index contributed by atoms with van der Waals surface area (Å²) in [4.78, 5) is 0. The molecule has 2 aromatic rings. The quantitative estimate of drug-likeness (QED) is 0.855. The van der Waals surface area contributed by atoms with Crippen LogP contribution >= 0.6 is 0 Å². The number of hydrogen-bond donors (Lipinski definition) is 1. The van der Waals surface area contributed by atoms with Gasteiger partial charge >= 0.3 is 6.18 Å². The van der Waals surface area contributed by atoms with Crippen molar-refractivity contribution in [2.24, 2.45) is 0 Å². The molecule has 0 aliphatic rings. The summed E-state index contributed by atoms with van der Waals surface area (Å²) < 4.78 is 51.9.